The first-order valence-electron chi connectivity index (χ1n) is 9.15. The van der Waals surface area contributed by atoms with Crippen molar-refractivity contribution in [1.29, 1.82) is 0 Å². The average Bonchev–Trinajstić information content (AvgIpc) is 3.16. The number of hydrogen-bond donors (Lipinski definition) is 3. The summed E-state index contributed by atoms with van der Waals surface area (Å²) >= 11 is 0. The van der Waals surface area contributed by atoms with Crippen molar-refractivity contribution in [1.82, 2.24) is 15.3 Å². The molecule has 0 radical (unpaired) electrons. The molecule has 2 fully saturated rings. The third kappa shape index (κ3) is 4.08. The minimum Gasteiger partial charge on any atom is -0.399 e. The maximum Gasteiger partial charge on any atom is 0.498 e. The van der Waals surface area contributed by atoms with Crippen LogP contribution in [0.25, 0.3) is 0 Å². The van der Waals surface area contributed by atoms with Crippen molar-refractivity contribution in [2.75, 3.05) is 24.6 Å². The van der Waals surface area contributed by atoms with Gasteiger partial charge in [-0.05, 0) is 34.1 Å². The first-order valence-corrected chi connectivity index (χ1v) is 9.15. The summed E-state index contributed by atoms with van der Waals surface area (Å²) in [5.41, 5.74) is -0.0846. The first-order chi connectivity index (χ1) is 12.6. The molecule has 3 N–H and O–H groups in total. The molecule has 3 heterocycles. The molecule has 0 unspecified atom stereocenters. The number of aliphatic hydroxyl groups is 2. The van der Waals surface area contributed by atoms with Crippen LogP contribution in [0.1, 0.15) is 34.1 Å². The third-order valence-electron chi connectivity index (χ3n) is 5.48. The van der Waals surface area contributed by atoms with Gasteiger partial charge in [0.25, 0.3) is 5.91 Å². The molecule has 148 valence electrons. The Labute approximate surface area is 159 Å². The van der Waals surface area contributed by atoms with Crippen LogP contribution in [0.3, 0.4) is 0 Å². The van der Waals surface area contributed by atoms with E-state index in [9.17, 15) is 9.90 Å². The molecule has 1 aromatic heterocycles. The number of nitrogens with one attached hydrogen (secondary N) is 1. The number of rotatable bonds is 5. The van der Waals surface area contributed by atoms with E-state index < -0.39 is 36.9 Å². The molecule has 2 atom stereocenters. The maximum absolute atomic E-state index is 11.7. The van der Waals surface area contributed by atoms with E-state index in [1.54, 1.807) is 12.4 Å². The van der Waals surface area contributed by atoms with Crippen LogP contribution in [-0.2, 0) is 14.1 Å². The predicted octanol–water partition coefficient (Wildman–Crippen LogP) is -1.18. The highest BCUT2D eigenvalue weighted by Crippen LogP contribution is 2.36. The normalized spacial score (nSPS) is 24.9. The second-order valence-corrected chi connectivity index (χ2v) is 8.04. The molecule has 2 aliphatic heterocycles. The fourth-order valence-electron chi connectivity index (χ4n) is 3.04. The lowest BCUT2D eigenvalue weighted by molar-refractivity contribution is -0.131. The smallest absolute Gasteiger partial charge is 0.399 e. The molecule has 2 saturated heterocycles. The molecule has 0 saturated carbocycles. The van der Waals surface area contributed by atoms with Crippen LogP contribution < -0.4 is 15.7 Å². The number of aromatic nitrogens is 2. The lowest BCUT2D eigenvalue weighted by atomic mass is 9.81. The molecule has 10 heteroatoms. The summed E-state index contributed by atoms with van der Waals surface area (Å²) in [6, 6.07) is -0.120. The highest BCUT2D eigenvalue weighted by molar-refractivity contribution is 6.61. The molecule has 1 amide bonds. The number of amides is 1. The first kappa shape index (κ1) is 20.0. The number of nitrogens with zero attached hydrogens (tertiary/aromatic N) is 3. The van der Waals surface area contributed by atoms with Crippen molar-refractivity contribution in [2.24, 2.45) is 0 Å². The van der Waals surface area contributed by atoms with Gasteiger partial charge in [-0.2, -0.15) is 0 Å². The number of aliphatic hydroxyl groups excluding tert-OH is 2. The van der Waals surface area contributed by atoms with Crippen LogP contribution in [0.4, 0.5) is 5.95 Å². The third-order valence-corrected chi connectivity index (χ3v) is 5.48. The minimum atomic E-state index is -1.39. The maximum atomic E-state index is 11.7. The zero-order chi connectivity index (χ0) is 19.8. The molecule has 0 aliphatic carbocycles. The van der Waals surface area contributed by atoms with E-state index in [2.05, 4.69) is 15.3 Å². The van der Waals surface area contributed by atoms with Crippen LogP contribution in [0.2, 0.25) is 0 Å². The van der Waals surface area contributed by atoms with Gasteiger partial charge in [0.2, 0.25) is 5.95 Å². The summed E-state index contributed by atoms with van der Waals surface area (Å²) < 4.78 is 12.0. The average molecular weight is 378 g/mol. The number of carbonyl (C=O) groups is 1. The van der Waals surface area contributed by atoms with E-state index in [1.807, 2.05) is 32.6 Å². The van der Waals surface area contributed by atoms with E-state index >= 15 is 0 Å². The number of carbonyl (C=O) groups excluding carboxylic acids is 1. The summed E-state index contributed by atoms with van der Waals surface area (Å²) in [6.07, 6.45) is 2.72. The van der Waals surface area contributed by atoms with Gasteiger partial charge in [-0.25, -0.2) is 9.97 Å². The van der Waals surface area contributed by atoms with Crippen LogP contribution in [-0.4, -0.2) is 76.3 Å². The zero-order valence-corrected chi connectivity index (χ0v) is 16.2. The van der Waals surface area contributed by atoms with Gasteiger partial charge in [0.1, 0.15) is 0 Å². The highest BCUT2D eigenvalue weighted by atomic mass is 16.7. The van der Waals surface area contributed by atoms with Crippen molar-refractivity contribution < 1.29 is 24.3 Å². The van der Waals surface area contributed by atoms with Gasteiger partial charge in [0.15, 0.2) is 6.10 Å². The Morgan fingerprint density at radius 3 is 2.48 bits per heavy atom. The van der Waals surface area contributed by atoms with Crippen LogP contribution >= 0.6 is 0 Å². The largest absolute Gasteiger partial charge is 0.498 e. The molecule has 1 aromatic rings. The monoisotopic (exact) mass is 378 g/mol. The van der Waals surface area contributed by atoms with Crippen molar-refractivity contribution in [3.8, 4) is 0 Å². The molecule has 0 bridgehead atoms. The van der Waals surface area contributed by atoms with Gasteiger partial charge in [-0.1, -0.05) is 0 Å². The lowest BCUT2D eigenvalue weighted by Gasteiger charge is -2.32. The Morgan fingerprint density at radius 1 is 1.33 bits per heavy atom. The minimum absolute atomic E-state index is 0.120. The number of hydrogen-bond acceptors (Lipinski definition) is 8. The molecule has 3 rings (SSSR count). The van der Waals surface area contributed by atoms with Gasteiger partial charge >= 0.3 is 7.12 Å². The highest BCUT2D eigenvalue weighted by Gasteiger charge is 2.52. The second kappa shape index (κ2) is 7.35. The molecule has 0 spiro atoms. The van der Waals surface area contributed by atoms with E-state index in [0.29, 0.717) is 25.5 Å². The standard InChI is InChI=1S/C17H27BN4O5/c1-16(2)17(3,4)27-18(26-16)11-7-19-15(20-8-11)22-6-5-12(9-22)21-14(25)13(24)10-23/h7-8,12-13,23-24H,5-6,9-10H2,1-4H3,(H,21,25)/t12-,13+/m1/s1. The second-order valence-electron chi connectivity index (χ2n) is 8.04. The summed E-state index contributed by atoms with van der Waals surface area (Å²) in [7, 11) is -0.505. The van der Waals surface area contributed by atoms with E-state index in [4.69, 9.17) is 14.4 Å². The van der Waals surface area contributed by atoms with Crippen LogP contribution in [0, 0.1) is 0 Å². The van der Waals surface area contributed by atoms with Crippen molar-refractivity contribution in [3.63, 3.8) is 0 Å². The van der Waals surface area contributed by atoms with Crippen molar-refractivity contribution >= 4 is 24.4 Å². The fourth-order valence-corrected chi connectivity index (χ4v) is 3.04. The number of anilines is 1. The van der Waals surface area contributed by atoms with E-state index in [1.165, 1.54) is 0 Å². The van der Waals surface area contributed by atoms with E-state index in [-0.39, 0.29) is 6.04 Å². The quantitative estimate of drug-likeness (QED) is 0.549. The Balaban J connectivity index is 1.60. The van der Waals surface area contributed by atoms with Crippen LogP contribution in [0.5, 0.6) is 0 Å². The molecular weight excluding hydrogens is 351 g/mol. The van der Waals surface area contributed by atoms with Gasteiger partial charge in [-0.15, -0.1) is 0 Å². The summed E-state index contributed by atoms with van der Waals surface area (Å²) in [5, 5.41) is 20.9. The molecule has 9 nitrogen and oxygen atoms in total. The fraction of sp³-hybridized carbons (Fsp3) is 0.706. The molecule has 0 aromatic carbocycles. The molecule has 2 aliphatic rings. The summed E-state index contributed by atoms with van der Waals surface area (Å²) in [5.74, 6) is -0.00361. The van der Waals surface area contributed by atoms with E-state index in [0.717, 1.165) is 5.46 Å². The van der Waals surface area contributed by atoms with Gasteiger partial charge in [0.05, 0.1) is 17.8 Å². The topological polar surface area (TPSA) is 117 Å². The van der Waals surface area contributed by atoms with Gasteiger partial charge in [-0.3, -0.25) is 4.79 Å². The zero-order valence-electron chi connectivity index (χ0n) is 16.2. The Morgan fingerprint density at radius 2 is 1.93 bits per heavy atom. The van der Waals surface area contributed by atoms with Gasteiger partial charge < -0.3 is 29.7 Å². The summed E-state index contributed by atoms with van der Waals surface area (Å²) in [6.45, 7) is 8.62. The van der Waals surface area contributed by atoms with Crippen molar-refractivity contribution in [2.45, 2.75) is 57.5 Å². The lowest BCUT2D eigenvalue weighted by Crippen LogP contribution is -2.44. The SMILES string of the molecule is CC1(C)OB(c2cnc(N3CC[C@@H](NC(=O)[C@@H](O)CO)C3)nc2)OC1(C)C. The Kier molecular flexibility index (Phi) is 5.44. The Hall–Kier alpha value is -1.75. The molecule has 27 heavy (non-hydrogen) atoms. The predicted molar refractivity (Wildman–Crippen MR) is 99.6 cm³/mol. The van der Waals surface area contributed by atoms with Crippen molar-refractivity contribution in [3.05, 3.63) is 12.4 Å². The summed E-state index contributed by atoms with van der Waals surface area (Å²) in [4.78, 5) is 22.5. The van der Waals surface area contributed by atoms with Crippen LogP contribution in [0.15, 0.2) is 12.4 Å². The van der Waals surface area contributed by atoms with Gasteiger partial charge in [0, 0.05) is 37.0 Å². The Bertz CT molecular complexity index is 668. The molecular formula is C17H27BN4O5.